The lowest BCUT2D eigenvalue weighted by Gasteiger charge is -2.40. The average Bonchev–Trinajstić information content (AvgIpc) is 3.45. The van der Waals surface area contributed by atoms with Crippen LogP contribution in [0.25, 0.3) is 0 Å². The summed E-state index contributed by atoms with van der Waals surface area (Å²) in [6.45, 7) is 3.43. The van der Waals surface area contributed by atoms with E-state index in [4.69, 9.17) is 28.0 Å². The molecule has 0 amide bonds. The standard InChI is InChI=1S/C33H33F3N6O2S/c1-32(2,29(43)16-26-18-39-21-41(26)19-23-10-8-22(17-37)9-11-23)30(38)42(20-24-6-4-5-7-28(24)33(34,35)36)31(45)40-25-12-14-27(44-3)15-13-25/h4-15,18,21,30H,16,19-20,38H2,1-3H3,(H,40,45). The molecule has 4 aromatic rings. The van der Waals surface area contributed by atoms with Crippen LogP contribution in [0.5, 0.6) is 5.75 Å². The van der Waals surface area contributed by atoms with Gasteiger partial charge in [0.1, 0.15) is 11.5 Å². The third-order valence-electron chi connectivity index (χ3n) is 7.64. The second-order valence-corrected chi connectivity index (χ2v) is 11.4. The Hall–Kier alpha value is -4.73. The molecule has 0 aliphatic rings. The minimum Gasteiger partial charge on any atom is -0.497 e. The van der Waals surface area contributed by atoms with Crippen LogP contribution in [0.3, 0.4) is 0 Å². The van der Waals surface area contributed by atoms with Gasteiger partial charge in [0.25, 0.3) is 0 Å². The SMILES string of the molecule is COc1ccc(NC(=S)N(Cc2ccccc2C(F)(F)F)C(N)C(C)(C)C(=O)Cc2cncn2Cc2ccc(C#N)cc2)cc1. The fourth-order valence-electron chi connectivity index (χ4n) is 4.75. The molecule has 0 spiro atoms. The number of hydrogen-bond acceptors (Lipinski definition) is 6. The van der Waals surface area contributed by atoms with Gasteiger partial charge in [0.2, 0.25) is 0 Å². The Morgan fingerprint density at radius 1 is 1.11 bits per heavy atom. The van der Waals surface area contributed by atoms with Gasteiger partial charge in [-0.2, -0.15) is 18.4 Å². The summed E-state index contributed by atoms with van der Waals surface area (Å²) in [5.74, 6) is 0.363. The quantitative estimate of drug-likeness (QED) is 0.149. The molecule has 4 rings (SSSR count). The fraction of sp³-hybridized carbons (Fsp3) is 0.273. The number of anilines is 1. The molecule has 234 valence electrons. The molecule has 0 aliphatic carbocycles. The van der Waals surface area contributed by atoms with Crippen molar-refractivity contribution in [1.82, 2.24) is 14.5 Å². The molecular formula is C33H33F3N6O2S. The molecule has 1 unspecified atom stereocenters. The number of thiocarbonyl (C=S) groups is 1. The lowest BCUT2D eigenvalue weighted by molar-refractivity contribution is -0.138. The number of methoxy groups -OCH3 is 1. The van der Waals surface area contributed by atoms with Crippen LogP contribution in [0.2, 0.25) is 0 Å². The maximum absolute atomic E-state index is 13.9. The van der Waals surface area contributed by atoms with Crippen molar-refractivity contribution in [3.05, 3.63) is 113 Å². The van der Waals surface area contributed by atoms with E-state index in [1.165, 1.54) is 30.2 Å². The summed E-state index contributed by atoms with van der Waals surface area (Å²) in [5.41, 5.74) is 7.30. The highest BCUT2D eigenvalue weighted by atomic mass is 32.1. The van der Waals surface area contributed by atoms with Gasteiger partial charge < -0.3 is 25.3 Å². The number of ketones is 1. The van der Waals surface area contributed by atoms with Gasteiger partial charge in [-0.15, -0.1) is 0 Å². The molecular weight excluding hydrogens is 601 g/mol. The number of imidazole rings is 1. The smallest absolute Gasteiger partial charge is 0.416 e. The summed E-state index contributed by atoms with van der Waals surface area (Å²) in [5, 5.41) is 12.2. The summed E-state index contributed by atoms with van der Waals surface area (Å²) in [7, 11) is 1.53. The number of nitriles is 1. The topological polar surface area (TPSA) is 109 Å². The lowest BCUT2D eigenvalue weighted by atomic mass is 9.82. The minimum atomic E-state index is -4.60. The molecule has 0 fully saturated rings. The first-order valence-corrected chi connectivity index (χ1v) is 14.4. The number of benzene rings is 3. The summed E-state index contributed by atoms with van der Waals surface area (Å²) in [4.78, 5) is 19.5. The molecule has 45 heavy (non-hydrogen) atoms. The van der Waals surface area contributed by atoms with E-state index in [0.29, 0.717) is 29.2 Å². The second kappa shape index (κ2) is 13.9. The number of rotatable bonds is 11. The van der Waals surface area contributed by atoms with Crippen LogP contribution in [0, 0.1) is 16.7 Å². The molecule has 0 saturated carbocycles. The van der Waals surface area contributed by atoms with Gasteiger partial charge in [0.05, 0.1) is 42.2 Å². The van der Waals surface area contributed by atoms with E-state index < -0.39 is 23.3 Å². The molecule has 1 heterocycles. The number of nitrogens with zero attached hydrogens (tertiary/aromatic N) is 4. The maximum atomic E-state index is 13.9. The number of carbonyl (C=O) groups excluding carboxylic acids is 1. The highest BCUT2D eigenvalue weighted by Gasteiger charge is 2.40. The third kappa shape index (κ3) is 8.06. The number of nitrogens with one attached hydrogen (secondary N) is 1. The Kier molecular flexibility index (Phi) is 10.3. The summed E-state index contributed by atoms with van der Waals surface area (Å²) in [6.07, 6.45) is -2.53. The third-order valence-corrected chi connectivity index (χ3v) is 7.97. The van der Waals surface area contributed by atoms with Gasteiger partial charge in [-0.1, -0.05) is 30.3 Å². The number of carbonyl (C=O) groups is 1. The van der Waals surface area contributed by atoms with E-state index in [-0.39, 0.29) is 29.4 Å². The van der Waals surface area contributed by atoms with Gasteiger partial charge in [-0.25, -0.2) is 4.98 Å². The number of aromatic nitrogens is 2. The van der Waals surface area contributed by atoms with Gasteiger partial charge in [-0.3, -0.25) is 4.79 Å². The zero-order chi connectivity index (χ0) is 32.8. The van der Waals surface area contributed by atoms with Crippen LogP contribution in [0.4, 0.5) is 18.9 Å². The van der Waals surface area contributed by atoms with E-state index in [1.807, 2.05) is 16.7 Å². The first-order valence-electron chi connectivity index (χ1n) is 14.0. The van der Waals surface area contributed by atoms with Crippen molar-refractivity contribution in [1.29, 1.82) is 5.26 Å². The Morgan fingerprint density at radius 3 is 2.40 bits per heavy atom. The van der Waals surface area contributed by atoms with Crippen LogP contribution in [0.15, 0.2) is 85.3 Å². The molecule has 8 nitrogen and oxygen atoms in total. The van der Waals surface area contributed by atoms with Crippen molar-refractivity contribution < 1.29 is 22.7 Å². The zero-order valence-corrected chi connectivity index (χ0v) is 25.8. The van der Waals surface area contributed by atoms with Crippen molar-refractivity contribution in [2.24, 2.45) is 11.1 Å². The number of alkyl halides is 3. The second-order valence-electron chi connectivity index (χ2n) is 11.0. The van der Waals surface area contributed by atoms with Crippen molar-refractivity contribution in [3.8, 4) is 11.8 Å². The van der Waals surface area contributed by atoms with E-state index in [2.05, 4.69) is 16.4 Å². The molecule has 0 saturated heterocycles. The van der Waals surface area contributed by atoms with Gasteiger partial charge in [-0.05, 0) is 79.7 Å². The number of hydrogen-bond donors (Lipinski definition) is 2. The Balaban J connectivity index is 1.60. The lowest BCUT2D eigenvalue weighted by Crippen LogP contribution is -2.57. The molecule has 3 N–H and O–H groups in total. The summed E-state index contributed by atoms with van der Waals surface area (Å²) < 4.78 is 48.8. The number of halogens is 3. The van der Waals surface area contributed by atoms with Gasteiger partial charge >= 0.3 is 6.18 Å². The molecule has 0 radical (unpaired) electrons. The largest absolute Gasteiger partial charge is 0.497 e. The Labute approximate surface area is 265 Å². The molecule has 0 bridgehead atoms. The number of ether oxygens (including phenoxy) is 1. The monoisotopic (exact) mass is 634 g/mol. The molecule has 1 atom stereocenters. The highest BCUT2D eigenvalue weighted by Crippen LogP contribution is 2.34. The van der Waals surface area contributed by atoms with Crippen LogP contribution < -0.4 is 15.8 Å². The number of Topliss-reactive ketones (excluding diaryl/α,β-unsaturated/α-hetero) is 1. The molecule has 12 heteroatoms. The fourth-order valence-corrected chi connectivity index (χ4v) is 5.05. The Bertz CT molecular complexity index is 1680. The van der Waals surface area contributed by atoms with E-state index >= 15 is 0 Å². The predicted octanol–water partition coefficient (Wildman–Crippen LogP) is 6.15. The molecule has 0 aliphatic heterocycles. The van der Waals surface area contributed by atoms with Crippen molar-refractivity contribution in [3.63, 3.8) is 0 Å². The first kappa shape index (κ1) is 33.2. The highest BCUT2D eigenvalue weighted by molar-refractivity contribution is 7.80. The normalized spacial score (nSPS) is 12.2. The van der Waals surface area contributed by atoms with E-state index in [9.17, 15) is 18.0 Å². The summed E-state index contributed by atoms with van der Waals surface area (Å²) >= 11 is 5.69. The average molecular weight is 635 g/mol. The predicted molar refractivity (Wildman–Crippen MR) is 169 cm³/mol. The van der Waals surface area contributed by atoms with Crippen LogP contribution in [0.1, 0.15) is 41.8 Å². The van der Waals surface area contributed by atoms with Crippen molar-refractivity contribution in [2.45, 2.75) is 45.7 Å². The van der Waals surface area contributed by atoms with E-state index in [1.54, 1.807) is 62.8 Å². The van der Waals surface area contributed by atoms with Crippen molar-refractivity contribution >= 4 is 28.8 Å². The van der Waals surface area contributed by atoms with Crippen molar-refractivity contribution in [2.75, 3.05) is 12.4 Å². The Morgan fingerprint density at radius 2 is 1.78 bits per heavy atom. The van der Waals surface area contributed by atoms with E-state index in [0.717, 1.165) is 11.6 Å². The first-order chi connectivity index (χ1) is 21.3. The maximum Gasteiger partial charge on any atom is 0.416 e. The number of nitrogens with two attached hydrogens (primary N) is 1. The summed E-state index contributed by atoms with van der Waals surface area (Å²) in [6, 6.07) is 21.2. The zero-order valence-electron chi connectivity index (χ0n) is 25.0. The van der Waals surface area contributed by atoms with Gasteiger partial charge in [0.15, 0.2) is 5.11 Å². The molecule has 3 aromatic carbocycles. The van der Waals surface area contributed by atoms with Crippen LogP contribution >= 0.6 is 12.2 Å². The molecule has 1 aromatic heterocycles. The van der Waals surface area contributed by atoms with Crippen LogP contribution in [-0.4, -0.2) is 38.6 Å². The van der Waals surface area contributed by atoms with Crippen LogP contribution in [-0.2, 0) is 30.5 Å². The van der Waals surface area contributed by atoms with Gasteiger partial charge in [0, 0.05) is 37.1 Å². The minimum absolute atomic E-state index is 0.0252.